The average Bonchev–Trinajstić information content (AvgIpc) is 2.26. The van der Waals surface area contributed by atoms with Crippen LogP contribution in [-0.4, -0.2) is 44.7 Å². The van der Waals surface area contributed by atoms with E-state index in [2.05, 4.69) is 0 Å². The van der Waals surface area contributed by atoms with Crippen molar-refractivity contribution in [3.63, 3.8) is 0 Å². The highest BCUT2D eigenvalue weighted by molar-refractivity contribution is 7.79. The van der Waals surface area contributed by atoms with Crippen molar-refractivity contribution in [1.82, 2.24) is 4.90 Å². The molecule has 0 radical (unpaired) electrons. The number of amides is 1. The van der Waals surface area contributed by atoms with Gasteiger partial charge in [-0.3, -0.25) is 4.79 Å². The quantitative estimate of drug-likeness (QED) is 0.754. The summed E-state index contributed by atoms with van der Waals surface area (Å²) in [5.41, 5.74) is 0. The lowest BCUT2D eigenvalue weighted by Crippen LogP contribution is -2.39. The summed E-state index contributed by atoms with van der Waals surface area (Å²) in [6, 6.07) is 0.289. The van der Waals surface area contributed by atoms with Crippen molar-refractivity contribution in [3.8, 4) is 0 Å². The van der Waals surface area contributed by atoms with Crippen molar-refractivity contribution in [1.29, 1.82) is 0 Å². The summed E-state index contributed by atoms with van der Waals surface area (Å²) < 4.78 is 24.3. The molecule has 1 rings (SSSR count). The zero-order chi connectivity index (χ0) is 12.1. The Morgan fingerprint density at radius 1 is 1.44 bits per heavy atom. The SMILES string of the molecule is CC(=O)N(C)C1CCC(OCS(=O)O)CC1. The minimum atomic E-state index is -1.88. The molecule has 1 aliphatic carbocycles. The van der Waals surface area contributed by atoms with Crippen LogP contribution in [0.3, 0.4) is 0 Å². The van der Waals surface area contributed by atoms with Gasteiger partial charge in [0.2, 0.25) is 5.91 Å². The van der Waals surface area contributed by atoms with Gasteiger partial charge in [0.1, 0.15) is 5.94 Å². The van der Waals surface area contributed by atoms with Crippen LogP contribution in [0.4, 0.5) is 0 Å². The second kappa shape index (κ2) is 6.32. The first-order valence-corrected chi connectivity index (χ1v) is 6.70. The van der Waals surface area contributed by atoms with Gasteiger partial charge in [-0.1, -0.05) is 0 Å². The van der Waals surface area contributed by atoms with Crippen molar-refractivity contribution in [3.05, 3.63) is 0 Å². The molecule has 0 aromatic rings. The zero-order valence-electron chi connectivity index (χ0n) is 9.72. The number of carbonyl (C=O) groups excluding carboxylic acids is 1. The van der Waals surface area contributed by atoms with Crippen molar-refractivity contribution < 1.29 is 18.3 Å². The van der Waals surface area contributed by atoms with Crippen molar-refractivity contribution in [2.24, 2.45) is 0 Å². The highest BCUT2D eigenvalue weighted by atomic mass is 32.2. The summed E-state index contributed by atoms with van der Waals surface area (Å²) in [6.45, 7) is 1.57. The molecule has 0 bridgehead atoms. The van der Waals surface area contributed by atoms with E-state index in [1.165, 1.54) is 0 Å². The Balaban J connectivity index is 2.28. The normalized spacial score (nSPS) is 27.4. The molecule has 0 aromatic heterocycles. The van der Waals surface area contributed by atoms with E-state index < -0.39 is 11.1 Å². The lowest BCUT2D eigenvalue weighted by Gasteiger charge is -2.33. The largest absolute Gasteiger partial charge is 0.362 e. The fourth-order valence-corrected chi connectivity index (χ4v) is 2.32. The van der Waals surface area contributed by atoms with E-state index in [1.54, 1.807) is 11.8 Å². The molecule has 0 heterocycles. The third kappa shape index (κ3) is 4.19. The smallest absolute Gasteiger partial charge is 0.219 e. The number of carbonyl (C=O) groups is 1. The lowest BCUT2D eigenvalue weighted by atomic mass is 9.92. The molecule has 1 N–H and O–H groups in total. The van der Waals surface area contributed by atoms with Crippen LogP contribution in [-0.2, 0) is 20.6 Å². The van der Waals surface area contributed by atoms with Crippen LogP contribution in [0.5, 0.6) is 0 Å². The summed E-state index contributed by atoms with van der Waals surface area (Å²) in [4.78, 5) is 12.9. The van der Waals surface area contributed by atoms with E-state index in [0.717, 1.165) is 25.7 Å². The van der Waals surface area contributed by atoms with Gasteiger partial charge in [0, 0.05) is 20.0 Å². The molecule has 1 aliphatic rings. The number of ether oxygens (including phenoxy) is 1. The third-order valence-electron chi connectivity index (χ3n) is 3.09. The summed E-state index contributed by atoms with van der Waals surface area (Å²) >= 11 is -1.88. The fourth-order valence-electron chi connectivity index (χ4n) is 2.01. The number of rotatable bonds is 4. The number of nitrogens with zero attached hydrogens (tertiary/aromatic N) is 1. The van der Waals surface area contributed by atoms with Crippen LogP contribution in [0.25, 0.3) is 0 Å². The van der Waals surface area contributed by atoms with Gasteiger partial charge in [-0.15, -0.1) is 0 Å². The number of hydrogen-bond acceptors (Lipinski definition) is 3. The monoisotopic (exact) mass is 249 g/mol. The molecule has 1 amide bonds. The molecule has 94 valence electrons. The molecular formula is C10H19NO4S. The van der Waals surface area contributed by atoms with Crippen LogP contribution in [0.15, 0.2) is 0 Å². The topological polar surface area (TPSA) is 66.8 Å². The predicted molar refractivity (Wildman–Crippen MR) is 61.2 cm³/mol. The van der Waals surface area contributed by atoms with Crippen LogP contribution >= 0.6 is 0 Å². The Morgan fingerprint density at radius 2 is 2.00 bits per heavy atom. The van der Waals surface area contributed by atoms with Crippen LogP contribution in [0, 0.1) is 0 Å². The van der Waals surface area contributed by atoms with Gasteiger partial charge >= 0.3 is 0 Å². The maximum absolute atomic E-state index is 11.2. The van der Waals surface area contributed by atoms with Gasteiger partial charge in [0.15, 0.2) is 11.1 Å². The highest BCUT2D eigenvalue weighted by Gasteiger charge is 2.25. The predicted octanol–water partition coefficient (Wildman–Crippen LogP) is 0.972. The molecule has 0 aromatic carbocycles. The lowest BCUT2D eigenvalue weighted by molar-refractivity contribution is -0.130. The van der Waals surface area contributed by atoms with Crippen LogP contribution in [0.1, 0.15) is 32.6 Å². The summed E-state index contributed by atoms with van der Waals surface area (Å²) in [7, 11) is 1.82. The first kappa shape index (κ1) is 13.6. The van der Waals surface area contributed by atoms with Gasteiger partial charge in [-0.2, -0.15) is 0 Å². The number of hydrogen-bond donors (Lipinski definition) is 1. The van der Waals surface area contributed by atoms with E-state index >= 15 is 0 Å². The minimum Gasteiger partial charge on any atom is -0.362 e. The molecule has 1 unspecified atom stereocenters. The molecule has 16 heavy (non-hydrogen) atoms. The standard InChI is InChI=1S/C10H19NO4S/c1-8(12)11(2)9-3-5-10(6-4-9)15-7-16(13)14/h9-10H,3-7H2,1-2H3,(H,13,14). The molecule has 1 atom stereocenters. The minimum absolute atomic E-state index is 0.0627. The molecule has 1 saturated carbocycles. The molecular weight excluding hydrogens is 230 g/mol. The van der Waals surface area contributed by atoms with Gasteiger partial charge < -0.3 is 14.2 Å². The molecule has 0 spiro atoms. The summed E-state index contributed by atoms with van der Waals surface area (Å²) in [5.74, 6) is -0.0291. The molecule has 0 aliphatic heterocycles. The fraction of sp³-hybridized carbons (Fsp3) is 0.900. The first-order chi connectivity index (χ1) is 7.50. The summed E-state index contributed by atoms with van der Waals surface area (Å²) in [5, 5.41) is 0. The van der Waals surface area contributed by atoms with Gasteiger partial charge in [0.25, 0.3) is 0 Å². The second-order valence-corrected chi connectivity index (χ2v) is 5.05. The zero-order valence-corrected chi connectivity index (χ0v) is 10.5. The maximum Gasteiger partial charge on any atom is 0.219 e. The van der Waals surface area contributed by atoms with Crippen molar-refractivity contribution in [2.75, 3.05) is 13.0 Å². The summed E-state index contributed by atoms with van der Waals surface area (Å²) in [6.07, 6.45) is 3.56. The van der Waals surface area contributed by atoms with E-state index in [9.17, 15) is 9.00 Å². The third-order valence-corrected chi connectivity index (χ3v) is 3.43. The van der Waals surface area contributed by atoms with Gasteiger partial charge in [-0.05, 0) is 25.7 Å². The van der Waals surface area contributed by atoms with Gasteiger partial charge in [-0.25, -0.2) is 4.21 Å². The van der Waals surface area contributed by atoms with Crippen LogP contribution < -0.4 is 0 Å². The first-order valence-electron chi connectivity index (χ1n) is 5.43. The molecule has 6 heteroatoms. The molecule has 0 saturated heterocycles. The van der Waals surface area contributed by atoms with E-state index in [1.807, 2.05) is 7.05 Å². The van der Waals surface area contributed by atoms with E-state index in [0.29, 0.717) is 0 Å². The maximum atomic E-state index is 11.2. The molecule has 5 nitrogen and oxygen atoms in total. The Bertz CT molecular complexity index is 264. The second-order valence-electron chi connectivity index (χ2n) is 4.17. The van der Waals surface area contributed by atoms with E-state index in [4.69, 9.17) is 9.29 Å². The highest BCUT2D eigenvalue weighted by Crippen LogP contribution is 2.24. The van der Waals surface area contributed by atoms with E-state index in [-0.39, 0.29) is 24.0 Å². The molecule has 1 fully saturated rings. The Morgan fingerprint density at radius 3 is 2.44 bits per heavy atom. The van der Waals surface area contributed by atoms with Crippen molar-refractivity contribution in [2.45, 2.75) is 44.8 Å². The Labute approximate surface area is 98.4 Å². The average molecular weight is 249 g/mol. The van der Waals surface area contributed by atoms with Crippen LogP contribution in [0.2, 0.25) is 0 Å². The van der Waals surface area contributed by atoms with Crippen molar-refractivity contribution >= 4 is 17.0 Å². The Hall–Kier alpha value is -0.460. The van der Waals surface area contributed by atoms with Gasteiger partial charge in [0.05, 0.1) is 6.10 Å². The Kier molecular flexibility index (Phi) is 5.37.